The van der Waals surface area contributed by atoms with Crippen molar-refractivity contribution in [2.24, 2.45) is 4.99 Å². The van der Waals surface area contributed by atoms with Crippen LogP contribution in [-0.2, 0) is 0 Å². The van der Waals surface area contributed by atoms with Gasteiger partial charge in [-0.25, -0.2) is 0 Å². The molecule has 2 heteroatoms. The molecule has 2 nitrogen and oxygen atoms in total. The van der Waals surface area contributed by atoms with Crippen LogP contribution < -0.4 is 5.32 Å². The highest BCUT2D eigenvalue weighted by molar-refractivity contribution is 5.62. The summed E-state index contributed by atoms with van der Waals surface area (Å²) in [4.78, 5) is 3.85. The lowest BCUT2D eigenvalue weighted by atomic mass is 10.1. The number of rotatable bonds is 1. The maximum atomic E-state index is 3.85. The molecule has 0 aliphatic carbocycles. The zero-order chi connectivity index (χ0) is 16.9. The number of hydrogen-bond acceptors (Lipinski definition) is 2. The van der Waals surface area contributed by atoms with Crippen molar-refractivity contribution in [3.63, 3.8) is 0 Å². The Balaban J connectivity index is 0.000000147. The SMILES string of the molecule is C1=NCCN1.Cc1ccccc1.c1ccc(-c2ccccc2)cc1. The van der Waals surface area contributed by atoms with Crippen molar-refractivity contribution in [3.8, 4) is 11.1 Å². The van der Waals surface area contributed by atoms with E-state index in [0.717, 1.165) is 13.1 Å². The van der Waals surface area contributed by atoms with E-state index in [0.29, 0.717) is 0 Å². The largest absolute Gasteiger partial charge is 0.375 e. The van der Waals surface area contributed by atoms with Crippen molar-refractivity contribution in [3.05, 3.63) is 96.6 Å². The summed E-state index contributed by atoms with van der Waals surface area (Å²) >= 11 is 0. The summed E-state index contributed by atoms with van der Waals surface area (Å²) in [6, 6.07) is 31.0. The number of benzene rings is 3. The lowest BCUT2D eigenvalue weighted by Crippen LogP contribution is -2.04. The Morgan fingerprint density at radius 2 is 1.12 bits per heavy atom. The minimum Gasteiger partial charge on any atom is -0.375 e. The van der Waals surface area contributed by atoms with Gasteiger partial charge in [-0.05, 0) is 18.1 Å². The maximum absolute atomic E-state index is 3.85. The summed E-state index contributed by atoms with van der Waals surface area (Å²) in [5.74, 6) is 0. The van der Waals surface area contributed by atoms with Crippen LogP contribution in [0.5, 0.6) is 0 Å². The highest BCUT2D eigenvalue weighted by atomic mass is 15.0. The second-order valence-electron chi connectivity index (χ2n) is 5.38. The quantitative estimate of drug-likeness (QED) is 0.673. The van der Waals surface area contributed by atoms with E-state index in [-0.39, 0.29) is 0 Å². The van der Waals surface area contributed by atoms with Crippen LogP contribution in [0.4, 0.5) is 0 Å². The smallest absolute Gasteiger partial charge is 0.0825 e. The molecule has 1 aliphatic rings. The summed E-state index contributed by atoms with van der Waals surface area (Å²) < 4.78 is 0. The van der Waals surface area contributed by atoms with Crippen molar-refractivity contribution in [2.75, 3.05) is 13.1 Å². The Labute approximate surface area is 144 Å². The second-order valence-corrected chi connectivity index (χ2v) is 5.38. The number of hydrogen-bond donors (Lipinski definition) is 1. The first-order chi connectivity index (χ1) is 11.9. The van der Waals surface area contributed by atoms with Gasteiger partial charge in [0.1, 0.15) is 0 Å². The molecule has 0 atom stereocenters. The van der Waals surface area contributed by atoms with Crippen LogP contribution >= 0.6 is 0 Å². The van der Waals surface area contributed by atoms with Gasteiger partial charge in [0, 0.05) is 6.54 Å². The van der Waals surface area contributed by atoms with Gasteiger partial charge < -0.3 is 5.32 Å². The highest BCUT2D eigenvalue weighted by Gasteiger charge is 1.91. The number of aryl methyl sites for hydroxylation is 1. The van der Waals surface area contributed by atoms with Crippen LogP contribution in [0.15, 0.2) is 96.0 Å². The molecule has 1 N–H and O–H groups in total. The predicted octanol–water partition coefficient (Wildman–Crippen LogP) is 4.97. The Kier molecular flexibility index (Phi) is 7.86. The summed E-state index contributed by atoms with van der Waals surface area (Å²) in [5.41, 5.74) is 3.87. The third kappa shape index (κ3) is 6.93. The lowest BCUT2D eigenvalue weighted by Gasteiger charge is -1.98. The molecule has 3 aromatic rings. The van der Waals surface area contributed by atoms with E-state index < -0.39 is 0 Å². The van der Waals surface area contributed by atoms with Gasteiger partial charge in [-0.15, -0.1) is 0 Å². The van der Waals surface area contributed by atoms with Gasteiger partial charge >= 0.3 is 0 Å². The van der Waals surface area contributed by atoms with E-state index in [1.54, 1.807) is 6.34 Å². The van der Waals surface area contributed by atoms with E-state index in [1.807, 2.05) is 30.3 Å². The van der Waals surface area contributed by atoms with E-state index in [2.05, 4.69) is 77.9 Å². The van der Waals surface area contributed by atoms with Crippen LogP contribution in [-0.4, -0.2) is 19.4 Å². The zero-order valence-electron chi connectivity index (χ0n) is 14.1. The van der Waals surface area contributed by atoms with Gasteiger partial charge in [0.15, 0.2) is 0 Å². The molecule has 0 saturated heterocycles. The molecule has 0 saturated carbocycles. The van der Waals surface area contributed by atoms with E-state index in [4.69, 9.17) is 0 Å². The fourth-order valence-corrected chi connectivity index (χ4v) is 2.12. The minimum atomic E-state index is 0.958. The molecule has 0 spiro atoms. The first-order valence-electron chi connectivity index (χ1n) is 8.20. The van der Waals surface area contributed by atoms with Crippen molar-refractivity contribution < 1.29 is 0 Å². The average Bonchev–Trinajstić information content (AvgIpc) is 3.25. The van der Waals surface area contributed by atoms with Gasteiger partial charge in [-0.3, -0.25) is 4.99 Å². The normalized spacial score (nSPS) is 11.4. The second kappa shape index (κ2) is 10.8. The molecule has 122 valence electrons. The van der Waals surface area contributed by atoms with Crippen LogP contribution in [0.1, 0.15) is 5.56 Å². The Hall–Kier alpha value is -2.87. The molecule has 0 fully saturated rings. The number of nitrogens with one attached hydrogen (secondary N) is 1. The molecule has 4 rings (SSSR count). The molecule has 1 aliphatic heterocycles. The monoisotopic (exact) mass is 316 g/mol. The molecule has 1 heterocycles. The Morgan fingerprint density at radius 1 is 0.667 bits per heavy atom. The maximum Gasteiger partial charge on any atom is 0.0825 e. The summed E-state index contributed by atoms with van der Waals surface area (Å²) in [7, 11) is 0. The first kappa shape index (κ1) is 17.5. The number of nitrogens with zero attached hydrogens (tertiary/aromatic N) is 1. The fourth-order valence-electron chi connectivity index (χ4n) is 2.12. The standard InChI is InChI=1S/C12H10.C7H8.C3H6N2/c1-3-7-11(8-4-1)12-9-5-2-6-10-12;1-7-5-3-2-4-6-7;1-2-5-3-4-1/h1-10H;2-6H,1H3;3H,1-2H2,(H,4,5). The van der Waals surface area contributed by atoms with Gasteiger partial charge in [-0.1, -0.05) is 96.6 Å². The van der Waals surface area contributed by atoms with Gasteiger partial charge in [-0.2, -0.15) is 0 Å². The van der Waals surface area contributed by atoms with Crippen molar-refractivity contribution in [1.82, 2.24) is 5.32 Å². The van der Waals surface area contributed by atoms with Crippen molar-refractivity contribution in [2.45, 2.75) is 6.92 Å². The molecule has 0 bridgehead atoms. The summed E-state index contributed by atoms with van der Waals surface area (Å²) in [6.45, 7) is 4.07. The molecule has 0 radical (unpaired) electrons. The van der Waals surface area contributed by atoms with E-state index in [1.165, 1.54) is 16.7 Å². The average molecular weight is 316 g/mol. The minimum absolute atomic E-state index is 0.958. The molecular formula is C22H24N2. The molecule has 0 aromatic heterocycles. The summed E-state index contributed by atoms with van der Waals surface area (Å²) in [6.07, 6.45) is 1.74. The Bertz CT molecular complexity index is 648. The molecular weight excluding hydrogens is 292 g/mol. The predicted molar refractivity (Wildman–Crippen MR) is 104 cm³/mol. The molecule has 24 heavy (non-hydrogen) atoms. The Morgan fingerprint density at radius 3 is 1.38 bits per heavy atom. The van der Waals surface area contributed by atoms with Gasteiger partial charge in [0.05, 0.1) is 12.9 Å². The third-order valence-corrected chi connectivity index (χ3v) is 3.39. The van der Waals surface area contributed by atoms with Crippen LogP contribution in [0.25, 0.3) is 11.1 Å². The first-order valence-corrected chi connectivity index (χ1v) is 8.20. The number of aliphatic imine (C=N–C) groups is 1. The third-order valence-electron chi connectivity index (χ3n) is 3.39. The zero-order valence-corrected chi connectivity index (χ0v) is 14.1. The summed E-state index contributed by atoms with van der Waals surface area (Å²) in [5, 5.41) is 2.93. The van der Waals surface area contributed by atoms with Crippen molar-refractivity contribution >= 4 is 6.34 Å². The highest BCUT2D eigenvalue weighted by Crippen LogP contribution is 2.17. The molecule has 0 unspecified atom stereocenters. The molecule has 3 aromatic carbocycles. The molecule has 0 amide bonds. The topological polar surface area (TPSA) is 24.4 Å². The fraction of sp³-hybridized carbons (Fsp3) is 0.136. The van der Waals surface area contributed by atoms with Gasteiger partial charge in [0.25, 0.3) is 0 Å². The lowest BCUT2D eigenvalue weighted by molar-refractivity contribution is 0.965. The van der Waals surface area contributed by atoms with E-state index >= 15 is 0 Å². The van der Waals surface area contributed by atoms with Crippen LogP contribution in [0.2, 0.25) is 0 Å². The van der Waals surface area contributed by atoms with Crippen LogP contribution in [0, 0.1) is 6.92 Å². The van der Waals surface area contributed by atoms with Gasteiger partial charge in [0.2, 0.25) is 0 Å². The van der Waals surface area contributed by atoms with E-state index in [9.17, 15) is 0 Å². The van der Waals surface area contributed by atoms with Crippen LogP contribution in [0.3, 0.4) is 0 Å². The van der Waals surface area contributed by atoms with Crippen molar-refractivity contribution in [1.29, 1.82) is 0 Å².